The van der Waals surface area contributed by atoms with Gasteiger partial charge in [-0.1, -0.05) is 0 Å². The number of carbonyl (C=O) groups is 1. The first-order chi connectivity index (χ1) is 19.1. The molecule has 0 fully saturated rings. The first-order valence-electron chi connectivity index (χ1n) is 11.6. The highest BCUT2D eigenvalue weighted by Gasteiger charge is 2.43. The van der Waals surface area contributed by atoms with E-state index in [1.807, 2.05) is 0 Å². The number of hydroxylamine groups is 1. The molecule has 212 valence electrons. The average Bonchev–Trinajstić information content (AvgIpc) is 3.34. The van der Waals surface area contributed by atoms with Crippen LogP contribution in [0, 0.1) is 0 Å². The summed E-state index contributed by atoms with van der Waals surface area (Å²) in [5.41, 5.74) is 6.00. The first-order valence-corrected chi connectivity index (χ1v) is 11.6. The number of allylic oxidation sites excluding steroid dienone is 1. The van der Waals surface area contributed by atoms with Crippen LogP contribution in [0.15, 0.2) is 48.4 Å². The summed E-state index contributed by atoms with van der Waals surface area (Å²) in [6.07, 6.45) is -0.718. The molecule has 2 aromatic heterocycles. The molecule has 1 aromatic carbocycles. The van der Waals surface area contributed by atoms with Gasteiger partial charge in [-0.2, -0.15) is 18.2 Å². The van der Waals surface area contributed by atoms with Crippen molar-refractivity contribution < 1.29 is 37.0 Å². The largest absolute Gasteiger partial charge is 0.497 e. The molecular formula is C25H26F3N7O5. The molecule has 1 atom stereocenters. The van der Waals surface area contributed by atoms with E-state index in [1.54, 1.807) is 18.2 Å². The lowest BCUT2D eigenvalue weighted by atomic mass is 10.1. The number of alkyl halides is 3. The highest BCUT2D eigenvalue weighted by Crippen LogP contribution is 2.37. The maximum Gasteiger partial charge on any atom is 0.409 e. The topological polar surface area (TPSA) is 132 Å². The molecule has 12 nitrogen and oxygen atoms in total. The fraction of sp³-hybridized carbons (Fsp3) is 0.280. The van der Waals surface area contributed by atoms with E-state index in [4.69, 9.17) is 19.0 Å². The Hall–Kier alpha value is -4.63. The van der Waals surface area contributed by atoms with Crippen molar-refractivity contribution in [2.45, 2.75) is 19.1 Å². The average molecular weight is 562 g/mol. The zero-order valence-electron chi connectivity index (χ0n) is 22.1. The molecule has 4 rings (SSSR count). The zero-order chi connectivity index (χ0) is 29.0. The van der Waals surface area contributed by atoms with E-state index in [2.05, 4.69) is 31.2 Å². The number of halogens is 3. The van der Waals surface area contributed by atoms with Crippen molar-refractivity contribution in [3.05, 3.63) is 54.0 Å². The van der Waals surface area contributed by atoms with Gasteiger partial charge in [0, 0.05) is 53.1 Å². The van der Waals surface area contributed by atoms with Crippen LogP contribution in [0.3, 0.4) is 0 Å². The monoisotopic (exact) mass is 561 g/mol. The van der Waals surface area contributed by atoms with Crippen LogP contribution < -0.4 is 35.4 Å². The minimum Gasteiger partial charge on any atom is -0.497 e. The summed E-state index contributed by atoms with van der Waals surface area (Å²) in [6.45, 7) is 1.51. The van der Waals surface area contributed by atoms with Gasteiger partial charge in [-0.25, -0.2) is 20.9 Å². The van der Waals surface area contributed by atoms with Crippen LogP contribution in [0.1, 0.15) is 17.3 Å². The number of ether oxygens (including phenoxy) is 3. The molecule has 3 aromatic rings. The van der Waals surface area contributed by atoms with Gasteiger partial charge in [0.05, 0.1) is 28.4 Å². The molecule has 1 amide bonds. The Balaban J connectivity index is 1.82. The number of nitrogens with zero attached hydrogens (tertiary/aromatic N) is 4. The number of rotatable bonds is 9. The van der Waals surface area contributed by atoms with Gasteiger partial charge < -0.3 is 19.5 Å². The van der Waals surface area contributed by atoms with E-state index in [9.17, 15) is 18.0 Å². The predicted octanol–water partition coefficient (Wildman–Crippen LogP) is 3.76. The number of carbonyl (C=O) groups excluding carboxylic acids is 1. The Bertz CT molecular complexity index is 1410. The number of nitrogens with one attached hydrogen (secondary N) is 3. The number of benzene rings is 1. The Morgan fingerprint density at radius 3 is 2.27 bits per heavy atom. The molecule has 0 saturated heterocycles. The van der Waals surface area contributed by atoms with Crippen molar-refractivity contribution in [2.75, 3.05) is 38.8 Å². The van der Waals surface area contributed by atoms with Crippen molar-refractivity contribution >= 4 is 23.4 Å². The molecule has 15 heteroatoms. The van der Waals surface area contributed by atoms with Crippen LogP contribution in [-0.2, 0) is 4.84 Å². The summed E-state index contributed by atoms with van der Waals surface area (Å²) in [5.74, 6) is 0.499. The predicted molar refractivity (Wildman–Crippen MR) is 138 cm³/mol. The van der Waals surface area contributed by atoms with Crippen molar-refractivity contribution in [2.24, 2.45) is 0 Å². The van der Waals surface area contributed by atoms with E-state index >= 15 is 0 Å². The van der Waals surface area contributed by atoms with Gasteiger partial charge in [0.25, 0.3) is 5.91 Å². The molecule has 40 heavy (non-hydrogen) atoms. The highest BCUT2D eigenvalue weighted by molar-refractivity contribution is 5.97. The summed E-state index contributed by atoms with van der Waals surface area (Å²) in [7, 11) is 5.60. The number of hydrazine groups is 1. The van der Waals surface area contributed by atoms with Crippen LogP contribution in [-0.4, -0.2) is 61.5 Å². The van der Waals surface area contributed by atoms with Crippen LogP contribution in [0.5, 0.6) is 17.4 Å². The third kappa shape index (κ3) is 6.00. The number of methoxy groups -OCH3 is 3. The quantitative estimate of drug-likeness (QED) is 0.330. The molecule has 0 radical (unpaired) electrons. The number of pyridine rings is 1. The molecule has 1 unspecified atom stereocenters. The maximum atomic E-state index is 13.6. The van der Waals surface area contributed by atoms with Crippen molar-refractivity contribution in [1.29, 1.82) is 0 Å². The van der Waals surface area contributed by atoms with E-state index in [0.29, 0.717) is 22.7 Å². The van der Waals surface area contributed by atoms with Crippen molar-refractivity contribution in [1.82, 2.24) is 25.9 Å². The number of amides is 1. The normalized spacial score (nSPS) is 14.9. The first kappa shape index (κ1) is 28.4. The van der Waals surface area contributed by atoms with Gasteiger partial charge in [0.1, 0.15) is 23.1 Å². The van der Waals surface area contributed by atoms with Gasteiger partial charge in [0.2, 0.25) is 11.8 Å². The molecule has 3 heterocycles. The Morgan fingerprint density at radius 1 is 1.00 bits per heavy atom. The zero-order valence-corrected chi connectivity index (χ0v) is 22.1. The van der Waals surface area contributed by atoms with Crippen LogP contribution in [0.25, 0.3) is 11.1 Å². The van der Waals surface area contributed by atoms with E-state index in [0.717, 1.165) is 6.08 Å². The lowest BCUT2D eigenvalue weighted by Gasteiger charge is -2.25. The van der Waals surface area contributed by atoms with E-state index in [-0.39, 0.29) is 34.5 Å². The fourth-order valence-electron chi connectivity index (χ4n) is 3.88. The Labute approximate surface area is 227 Å². The Morgan fingerprint density at radius 2 is 1.70 bits per heavy atom. The SMILES string of the molecule is CONC(=O)c1cc(-c2cnc(Nc3cc(OC)cc(OC)c3)nc2N2NC(C(F)(F)F)C=C2C)cnc1OC. The van der Waals surface area contributed by atoms with Crippen molar-refractivity contribution in [3.63, 3.8) is 0 Å². The van der Waals surface area contributed by atoms with Gasteiger partial charge in [-0.05, 0) is 19.1 Å². The second-order valence-corrected chi connectivity index (χ2v) is 8.37. The Kier molecular flexibility index (Phi) is 8.25. The number of hydrogen-bond acceptors (Lipinski definition) is 11. The summed E-state index contributed by atoms with van der Waals surface area (Å²) in [5, 5.41) is 4.22. The minimum atomic E-state index is -4.55. The highest BCUT2D eigenvalue weighted by atomic mass is 19.4. The van der Waals surface area contributed by atoms with Gasteiger partial charge in [-0.15, -0.1) is 0 Å². The fourth-order valence-corrected chi connectivity index (χ4v) is 3.88. The van der Waals surface area contributed by atoms with Crippen LogP contribution in [0.2, 0.25) is 0 Å². The molecular weight excluding hydrogens is 535 g/mol. The van der Waals surface area contributed by atoms with Gasteiger partial charge in [-0.3, -0.25) is 14.6 Å². The number of hydrogen-bond donors (Lipinski definition) is 3. The summed E-state index contributed by atoms with van der Waals surface area (Å²) in [6, 6.07) is 4.53. The second-order valence-electron chi connectivity index (χ2n) is 8.37. The van der Waals surface area contributed by atoms with Crippen LogP contribution in [0.4, 0.5) is 30.6 Å². The molecule has 3 N–H and O–H groups in total. The number of aromatic nitrogens is 3. The lowest BCUT2D eigenvalue weighted by molar-refractivity contribution is -0.142. The molecule has 0 saturated carbocycles. The third-order valence-corrected chi connectivity index (χ3v) is 5.76. The molecule has 0 aliphatic carbocycles. The summed E-state index contributed by atoms with van der Waals surface area (Å²) in [4.78, 5) is 30.3. The molecule has 1 aliphatic rings. The smallest absolute Gasteiger partial charge is 0.409 e. The summed E-state index contributed by atoms with van der Waals surface area (Å²) >= 11 is 0. The molecule has 1 aliphatic heterocycles. The minimum absolute atomic E-state index is 0.0125. The molecule has 0 bridgehead atoms. The van der Waals surface area contributed by atoms with E-state index < -0.39 is 18.1 Å². The number of anilines is 3. The van der Waals surface area contributed by atoms with Gasteiger partial charge >= 0.3 is 6.18 Å². The van der Waals surface area contributed by atoms with Crippen molar-refractivity contribution in [3.8, 4) is 28.5 Å². The van der Waals surface area contributed by atoms with Gasteiger partial charge in [0.15, 0.2) is 5.82 Å². The molecule has 0 spiro atoms. The van der Waals surface area contributed by atoms with E-state index in [1.165, 1.54) is 58.8 Å². The second kappa shape index (κ2) is 11.6. The maximum absolute atomic E-state index is 13.6. The standard InChI is InChI=1S/C25H26F3N7O5/c1-13-6-20(25(26,27)28)33-35(13)21-19(14-7-18(22(36)34-40-5)23(39-4)29-11-14)12-30-24(32-21)31-15-8-16(37-2)10-17(9-15)38-3/h6-12,20,33H,1-5H3,(H,34,36)(H,30,31,32). The summed E-state index contributed by atoms with van der Waals surface area (Å²) < 4.78 is 56.5. The lowest BCUT2D eigenvalue weighted by Crippen LogP contribution is -2.45. The van der Waals surface area contributed by atoms with Crippen LogP contribution >= 0.6 is 0 Å². The third-order valence-electron chi connectivity index (χ3n) is 5.76.